The zero-order chi connectivity index (χ0) is 20.5. The molecule has 0 spiro atoms. The number of aromatic nitrogens is 2. The topological polar surface area (TPSA) is 109 Å². The fraction of sp³-hybridized carbons (Fsp3) is 0.0476. The number of nitriles is 1. The predicted molar refractivity (Wildman–Crippen MR) is 110 cm³/mol. The van der Waals surface area contributed by atoms with Gasteiger partial charge in [0.1, 0.15) is 28.4 Å². The number of imidazole rings is 1. The lowest BCUT2D eigenvalue weighted by molar-refractivity contribution is -0.384. The molecule has 0 unspecified atom stereocenters. The molecule has 8 heteroatoms. The van der Waals surface area contributed by atoms with Crippen LogP contribution < -0.4 is 0 Å². The highest BCUT2D eigenvalue weighted by molar-refractivity contribution is 6.32. The number of fused-ring (bicyclic) bond motifs is 1. The molecule has 0 aliphatic heterocycles. The molecule has 0 saturated carbocycles. The van der Waals surface area contributed by atoms with Crippen LogP contribution in [-0.2, 0) is 0 Å². The first-order valence-electron chi connectivity index (χ1n) is 8.57. The summed E-state index contributed by atoms with van der Waals surface area (Å²) in [6.45, 7) is 1.98. The summed E-state index contributed by atoms with van der Waals surface area (Å²) in [5.41, 5.74) is 3.31. The van der Waals surface area contributed by atoms with Crippen molar-refractivity contribution in [3.63, 3.8) is 0 Å². The van der Waals surface area contributed by atoms with Crippen molar-refractivity contribution in [3.05, 3.63) is 80.8 Å². The van der Waals surface area contributed by atoms with Crippen LogP contribution in [0.5, 0.6) is 0 Å². The van der Waals surface area contributed by atoms with E-state index in [1.54, 1.807) is 24.3 Å². The van der Waals surface area contributed by atoms with Crippen molar-refractivity contribution in [2.45, 2.75) is 6.92 Å². The minimum absolute atomic E-state index is 0.0531. The maximum absolute atomic E-state index is 11.1. The number of H-pyrrole nitrogens is 1. The third-order valence-electron chi connectivity index (χ3n) is 4.35. The summed E-state index contributed by atoms with van der Waals surface area (Å²) in [4.78, 5) is 18.1. The van der Waals surface area contributed by atoms with Crippen molar-refractivity contribution in [1.29, 1.82) is 5.26 Å². The molecule has 2 heterocycles. The van der Waals surface area contributed by atoms with Gasteiger partial charge in [-0.05, 0) is 48.9 Å². The van der Waals surface area contributed by atoms with E-state index in [4.69, 9.17) is 16.0 Å². The Bertz CT molecular complexity index is 1330. The maximum Gasteiger partial charge on any atom is 0.288 e. The van der Waals surface area contributed by atoms with Crippen molar-refractivity contribution >= 4 is 40.0 Å². The van der Waals surface area contributed by atoms with Crippen molar-refractivity contribution < 1.29 is 9.34 Å². The lowest BCUT2D eigenvalue weighted by Gasteiger charge is -1.99. The number of nitrogens with zero attached hydrogens (tertiary/aromatic N) is 3. The van der Waals surface area contributed by atoms with Crippen LogP contribution in [0.1, 0.15) is 17.1 Å². The number of rotatable bonds is 4. The van der Waals surface area contributed by atoms with E-state index in [2.05, 4.69) is 16.0 Å². The van der Waals surface area contributed by atoms with Gasteiger partial charge in [-0.3, -0.25) is 10.1 Å². The van der Waals surface area contributed by atoms with Gasteiger partial charge in [-0.1, -0.05) is 17.7 Å². The van der Waals surface area contributed by atoms with Gasteiger partial charge in [-0.15, -0.1) is 0 Å². The zero-order valence-corrected chi connectivity index (χ0v) is 15.9. The number of halogens is 1. The average molecular weight is 405 g/mol. The first-order valence-corrected chi connectivity index (χ1v) is 8.95. The minimum atomic E-state index is -0.549. The van der Waals surface area contributed by atoms with Crippen LogP contribution in [0.3, 0.4) is 0 Å². The number of allylic oxidation sites excluding steroid dienone is 1. The zero-order valence-electron chi connectivity index (χ0n) is 15.1. The second-order valence-electron chi connectivity index (χ2n) is 6.40. The molecular formula is C21H13ClN4O3. The fourth-order valence-corrected chi connectivity index (χ4v) is 3.12. The van der Waals surface area contributed by atoms with Gasteiger partial charge in [-0.25, -0.2) is 4.98 Å². The van der Waals surface area contributed by atoms with E-state index in [1.807, 2.05) is 25.1 Å². The summed E-state index contributed by atoms with van der Waals surface area (Å²) < 4.78 is 5.76. The van der Waals surface area contributed by atoms with Crippen molar-refractivity contribution in [3.8, 4) is 17.4 Å². The molecule has 0 atom stereocenters. The monoisotopic (exact) mass is 404 g/mol. The number of aryl methyl sites for hydroxylation is 1. The number of nitrogens with one attached hydrogen (secondary N) is 1. The SMILES string of the molecule is Cc1ccc2nc(/C(C#N)=C\c3ccc(-c4ccc(Cl)c([N+](=O)[O-])c4)o3)[nH]c2c1. The Labute approximate surface area is 170 Å². The highest BCUT2D eigenvalue weighted by Gasteiger charge is 2.15. The molecule has 0 radical (unpaired) electrons. The molecule has 2 aromatic heterocycles. The van der Waals surface area contributed by atoms with E-state index in [0.29, 0.717) is 28.5 Å². The smallest absolute Gasteiger partial charge is 0.288 e. The standard InChI is InChI=1S/C21H13ClN4O3/c1-12-2-6-17-18(8-12)25-21(24-17)14(11-23)9-15-4-7-20(29-15)13-3-5-16(22)19(10-13)26(27)28/h2-10H,1H3,(H,24,25)/b14-9-. The number of nitro groups is 1. The molecule has 29 heavy (non-hydrogen) atoms. The third-order valence-corrected chi connectivity index (χ3v) is 4.67. The van der Waals surface area contributed by atoms with Crippen LogP contribution in [0.15, 0.2) is 52.9 Å². The van der Waals surface area contributed by atoms with Gasteiger partial charge in [0.2, 0.25) is 0 Å². The molecule has 0 amide bonds. The van der Waals surface area contributed by atoms with Crippen LogP contribution in [0.25, 0.3) is 34.0 Å². The molecule has 142 valence electrons. The number of aromatic amines is 1. The largest absolute Gasteiger partial charge is 0.457 e. The molecule has 7 nitrogen and oxygen atoms in total. The first-order chi connectivity index (χ1) is 13.9. The fourth-order valence-electron chi connectivity index (χ4n) is 2.94. The van der Waals surface area contributed by atoms with E-state index in [9.17, 15) is 15.4 Å². The summed E-state index contributed by atoms with van der Waals surface area (Å²) >= 11 is 5.85. The third kappa shape index (κ3) is 3.61. The molecule has 0 aliphatic carbocycles. The summed E-state index contributed by atoms with van der Waals surface area (Å²) in [6.07, 6.45) is 1.57. The molecule has 4 rings (SSSR count). The lowest BCUT2D eigenvalue weighted by Crippen LogP contribution is -1.89. The van der Waals surface area contributed by atoms with Crippen LogP contribution in [0.2, 0.25) is 5.02 Å². The molecule has 0 fully saturated rings. The molecule has 2 aromatic carbocycles. The molecule has 1 N–H and O–H groups in total. The van der Waals surface area contributed by atoms with Gasteiger partial charge in [0.25, 0.3) is 5.69 Å². The van der Waals surface area contributed by atoms with Gasteiger partial charge in [0, 0.05) is 17.7 Å². The summed E-state index contributed by atoms with van der Waals surface area (Å²) in [6, 6.07) is 15.7. The van der Waals surface area contributed by atoms with E-state index >= 15 is 0 Å². The van der Waals surface area contributed by atoms with Gasteiger partial charge >= 0.3 is 0 Å². The van der Waals surface area contributed by atoms with E-state index < -0.39 is 4.92 Å². The Morgan fingerprint density at radius 3 is 2.86 bits per heavy atom. The minimum Gasteiger partial charge on any atom is -0.457 e. The Hall–Kier alpha value is -3.89. The highest BCUT2D eigenvalue weighted by atomic mass is 35.5. The summed E-state index contributed by atoms with van der Waals surface area (Å²) in [5.74, 6) is 1.28. The Morgan fingerprint density at radius 1 is 1.28 bits per heavy atom. The second kappa shape index (κ2) is 7.26. The lowest BCUT2D eigenvalue weighted by atomic mass is 10.1. The average Bonchev–Trinajstić information content (AvgIpc) is 3.32. The van der Waals surface area contributed by atoms with Crippen LogP contribution >= 0.6 is 11.6 Å². The number of benzene rings is 2. The van der Waals surface area contributed by atoms with E-state index in [0.717, 1.165) is 16.6 Å². The number of hydrogen-bond donors (Lipinski definition) is 1. The normalized spacial score (nSPS) is 11.6. The highest BCUT2D eigenvalue weighted by Crippen LogP contribution is 2.32. The molecule has 4 aromatic rings. The summed E-state index contributed by atoms with van der Waals surface area (Å²) in [5, 5.41) is 20.7. The Kier molecular flexibility index (Phi) is 4.63. The predicted octanol–water partition coefficient (Wildman–Crippen LogP) is 5.76. The van der Waals surface area contributed by atoms with Gasteiger partial charge in [0.15, 0.2) is 0 Å². The molecule has 0 bridgehead atoms. The van der Waals surface area contributed by atoms with E-state index in [1.165, 1.54) is 12.1 Å². The van der Waals surface area contributed by atoms with Gasteiger partial charge in [-0.2, -0.15) is 5.26 Å². The summed E-state index contributed by atoms with van der Waals surface area (Å²) in [7, 11) is 0. The molecule has 0 aliphatic rings. The van der Waals surface area contributed by atoms with Crippen molar-refractivity contribution in [1.82, 2.24) is 9.97 Å². The number of hydrogen-bond acceptors (Lipinski definition) is 5. The Balaban J connectivity index is 1.69. The first kappa shape index (κ1) is 18.5. The quantitative estimate of drug-likeness (QED) is 0.264. The van der Waals surface area contributed by atoms with Crippen molar-refractivity contribution in [2.24, 2.45) is 0 Å². The maximum atomic E-state index is 11.1. The van der Waals surface area contributed by atoms with E-state index in [-0.39, 0.29) is 10.7 Å². The second-order valence-corrected chi connectivity index (χ2v) is 6.81. The van der Waals surface area contributed by atoms with Crippen molar-refractivity contribution in [2.75, 3.05) is 0 Å². The van der Waals surface area contributed by atoms with Crippen LogP contribution in [-0.4, -0.2) is 14.9 Å². The van der Waals surface area contributed by atoms with Gasteiger partial charge in [0.05, 0.1) is 21.5 Å². The van der Waals surface area contributed by atoms with Gasteiger partial charge < -0.3 is 9.40 Å². The molecule has 0 saturated heterocycles. The molecular weight excluding hydrogens is 392 g/mol. The number of furan rings is 1. The number of nitro benzene ring substituents is 1. The van der Waals surface area contributed by atoms with Crippen LogP contribution in [0.4, 0.5) is 5.69 Å². The van der Waals surface area contributed by atoms with Crippen LogP contribution in [0, 0.1) is 28.4 Å². The Morgan fingerprint density at radius 2 is 2.10 bits per heavy atom.